The van der Waals surface area contributed by atoms with Gasteiger partial charge in [-0.2, -0.15) is 0 Å². The maximum Gasteiger partial charge on any atom is 0.238 e. The molecule has 3 heterocycles. The number of aromatic nitrogens is 3. The molecule has 1 amide bonds. The lowest BCUT2D eigenvalue weighted by molar-refractivity contribution is -0.131. The molecular formula is C25H29N5O2S. The van der Waals surface area contributed by atoms with Crippen molar-refractivity contribution in [1.29, 1.82) is 0 Å². The predicted octanol–water partition coefficient (Wildman–Crippen LogP) is 4.51. The molecule has 2 aromatic carbocycles. The van der Waals surface area contributed by atoms with Crippen LogP contribution in [0.1, 0.15) is 44.2 Å². The number of ether oxygens (including phenoxy) is 1. The molecule has 8 heteroatoms. The number of amides is 1. The van der Waals surface area contributed by atoms with Crippen LogP contribution in [0.4, 0.5) is 0 Å². The molecule has 3 aromatic rings. The molecule has 1 aromatic heterocycles. The highest BCUT2D eigenvalue weighted by molar-refractivity contribution is 8.00. The Morgan fingerprint density at radius 3 is 2.45 bits per heavy atom. The van der Waals surface area contributed by atoms with Crippen LogP contribution >= 0.6 is 11.8 Å². The van der Waals surface area contributed by atoms with Crippen molar-refractivity contribution < 1.29 is 9.53 Å². The molecule has 33 heavy (non-hydrogen) atoms. The molecule has 0 radical (unpaired) electrons. The minimum atomic E-state index is -0.318. The van der Waals surface area contributed by atoms with Crippen LogP contribution in [0.3, 0.4) is 0 Å². The monoisotopic (exact) mass is 463 g/mol. The zero-order chi connectivity index (χ0) is 22.6. The molecule has 1 saturated heterocycles. The quantitative estimate of drug-likeness (QED) is 0.600. The summed E-state index contributed by atoms with van der Waals surface area (Å²) in [6, 6.07) is 17.8. The molecule has 0 unspecified atom stereocenters. The van der Waals surface area contributed by atoms with Gasteiger partial charge in [0.2, 0.25) is 11.1 Å². The van der Waals surface area contributed by atoms with Crippen molar-refractivity contribution in [3.05, 3.63) is 60.2 Å². The van der Waals surface area contributed by atoms with E-state index in [4.69, 9.17) is 4.74 Å². The Labute approximate surface area is 198 Å². The third-order valence-electron chi connectivity index (χ3n) is 6.18. The van der Waals surface area contributed by atoms with E-state index in [9.17, 15) is 4.79 Å². The molecule has 172 valence electrons. The Bertz CT molecular complexity index is 1080. The van der Waals surface area contributed by atoms with E-state index >= 15 is 0 Å². The summed E-state index contributed by atoms with van der Waals surface area (Å²) >= 11 is 1.50. The first-order valence-electron chi connectivity index (χ1n) is 11.7. The fraction of sp³-hybridized carbons (Fsp3) is 0.400. The third kappa shape index (κ3) is 4.57. The zero-order valence-electron chi connectivity index (χ0n) is 18.8. The van der Waals surface area contributed by atoms with Gasteiger partial charge in [0, 0.05) is 18.7 Å². The van der Waals surface area contributed by atoms with Gasteiger partial charge in [0.15, 0.2) is 5.82 Å². The second-order valence-corrected chi connectivity index (χ2v) is 9.50. The maximum absolute atomic E-state index is 13.7. The van der Waals surface area contributed by atoms with Crippen molar-refractivity contribution in [1.82, 2.24) is 19.8 Å². The van der Waals surface area contributed by atoms with Gasteiger partial charge < -0.3 is 15.1 Å². The molecule has 2 aliphatic rings. The minimum absolute atomic E-state index is 0.170. The number of carbonyl (C=O) groups excluding carboxylic acids is 1. The Hall–Kier alpha value is -3.00. The lowest BCUT2D eigenvalue weighted by Crippen LogP contribution is -2.46. The Kier molecular flexibility index (Phi) is 6.53. The SMILES string of the molecule is CCOc1ccc([C@@H]2Nn3c(nnc3-c3ccccc3)S[C@@H]2C(=O)N2CCCCCC2)cc1. The fourth-order valence-corrected chi connectivity index (χ4v) is 5.64. The smallest absolute Gasteiger partial charge is 0.238 e. The van der Waals surface area contributed by atoms with Crippen LogP contribution in [0.5, 0.6) is 5.75 Å². The highest BCUT2D eigenvalue weighted by atomic mass is 32.2. The number of benzene rings is 2. The van der Waals surface area contributed by atoms with Crippen molar-refractivity contribution in [3.8, 4) is 17.1 Å². The van der Waals surface area contributed by atoms with E-state index in [2.05, 4.69) is 15.6 Å². The van der Waals surface area contributed by atoms with Crippen LogP contribution in [0.25, 0.3) is 11.4 Å². The van der Waals surface area contributed by atoms with Gasteiger partial charge in [0.25, 0.3) is 0 Å². The average molecular weight is 464 g/mol. The fourth-order valence-electron chi connectivity index (χ4n) is 4.48. The van der Waals surface area contributed by atoms with Crippen LogP contribution in [-0.2, 0) is 4.79 Å². The molecule has 2 aliphatic heterocycles. The number of fused-ring (bicyclic) bond motifs is 1. The summed E-state index contributed by atoms with van der Waals surface area (Å²) in [7, 11) is 0. The van der Waals surface area contributed by atoms with E-state index in [0.29, 0.717) is 11.8 Å². The maximum atomic E-state index is 13.7. The van der Waals surface area contributed by atoms with Gasteiger partial charge in [-0.25, -0.2) is 4.68 Å². The van der Waals surface area contributed by atoms with E-state index in [1.54, 1.807) is 0 Å². The first-order chi connectivity index (χ1) is 16.2. The molecule has 5 rings (SSSR count). The van der Waals surface area contributed by atoms with E-state index < -0.39 is 0 Å². The Morgan fingerprint density at radius 1 is 1.03 bits per heavy atom. The number of hydrogen-bond acceptors (Lipinski definition) is 6. The summed E-state index contributed by atoms with van der Waals surface area (Å²) in [6.45, 7) is 4.25. The van der Waals surface area contributed by atoms with Gasteiger partial charge in [-0.15, -0.1) is 10.2 Å². The number of likely N-dealkylation sites (tertiary alicyclic amines) is 1. The number of hydrogen-bond donors (Lipinski definition) is 1. The summed E-state index contributed by atoms with van der Waals surface area (Å²) in [5.41, 5.74) is 5.60. The topological polar surface area (TPSA) is 72.3 Å². The lowest BCUT2D eigenvalue weighted by Gasteiger charge is -2.35. The van der Waals surface area contributed by atoms with Crippen molar-refractivity contribution in [3.63, 3.8) is 0 Å². The van der Waals surface area contributed by atoms with Gasteiger partial charge in [0.1, 0.15) is 11.0 Å². The van der Waals surface area contributed by atoms with Crippen LogP contribution in [0, 0.1) is 0 Å². The molecule has 2 atom stereocenters. The van der Waals surface area contributed by atoms with Crippen LogP contribution in [-0.4, -0.2) is 50.6 Å². The number of nitrogens with one attached hydrogen (secondary N) is 1. The molecule has 0 aliphatic carbocycles. The van der Waals surface area contributed by atoms with E-state index in [1.807, 2.05) is 71.1 Å². The van der Waals surface area contributed by atoms with Crippen molar-refractivity contribution in [2.75, 3.05) is 25.1 Å². The molecule has 0 bridgehead atoms. The summed E-state index contributed by atoms with van der Waals surface area (Å²) < 4.78 is 7.55. The summed E-state index contributed by atoms with van der Waals surface area (Å²) in [5.74, 6) is 1.74. The molecule has 0 saturated carbocycles. The minimum Gasteiger partial charge on any atom is -0.494 e. The van der Waals surface area contributed by atoms with Crippen LogP contribution in [0.2, 0.25) is 0 Å². The summed E-state index contributed by atoms with van der Waals surface area (Å²) in [4.78, 5) is 15.8. The van der Waals surface area contributed by atoms with Crippen LogP contribution in [0.15, 0.2) is 59.8 Å². The summed E-state index contributed by atoms with van der Waals surface area (Å²) in [6.07, 6.45) is 4.52. The second kappa shape index (κ2) is 9.87. The number of carbonyl (C=O) groups is 1. The highest BCUT2D eigenvalue weighted by Gasteiger charge is 2.40. The van der Waals surface area contributed by atoms with E-state index in [-0.39, 0.29) is 17.2 Å². The number of nitrogens with zero attached hydrogens (tertiary/aromatic N) is 4. The van der Waals surface area contributed by atoms with Crippen molar-refractivity contribution in [2.45, 2.75) is 49.1 Å². The van der Waals surface area contributed by atoms with Gasteiger partial charge in [-0.1, -0.05) is 67.1 Å². The van der Waals surface area contributed by atoms with Crippen molar-refractivity contribution in [2.24, 2.45) is 0 Å². The third-order valence-corrected chi connectivity index (χ3v) is 7.38. The summed E-state index contributed by atoms with van der Waals surface area (Å²) in [5, 5.41) is 9.25. The van der Waals surface area contributed by atoms with Gasteiger partial charge in [-0.05, 0) is 37.5 Å². The first kappa shape index (κ1) is 21.8. The highest BCUT2D eigenvalue weighted by Crippen LogP contribution is 2.40. The van der Waals surface area contributed by atoms with E-state index in [0.717, 1.165) is 48.6 Å². The molecule has 7 nitrogen and oxygen atoms in total. The first-order valence-corrected chi connectivity index (χ1v) is 12.6. The Morgan fingerprint density at radius 2 is 1.76 bits per heavy atom. The van der Waals surface area contributed by atoms with E-state index in [1.165, 1.54) is 24.6 Å². The largest absolute Gasteiger partial charge is 0.494 e. The number of thioether (sulfide) groups is 1. The number of rotatable bonds is 5. The Balaban J connectivity index is 1.50. The van der Waals surface area contributed by atoms with Crippen molar-refractivity contribution >= 4 is 17.7 Å². The van der Waals surface area contributed by atoms with Crippen LogP contribution < -0.4 is 10.2 Å². The second-order valence-electron chi connectivity index (χ2n) is 8.39. The lowest BCUT2D eigenvalue weighted by atomic mass is 10.0. The normalized spacial score (nSPS) is 20.5. The molecular weight excluding hydrogens is 434 g/mol. The van der Waals surface area contributed by atoms with Gasteiger partial charge >= 0.3 is 0 Å². The van der Waals surface area contributed by atoms with Gasteiger partial charge in [-0.3, -0.25) is 4.79 Å². The average Bonchev–Trinajstić information content (AvgIpc) is 3.07. The standard InChI is InChI=1S/C25H29N5O2S/c1-2-32-20-14-12-18(13-15-20)21-22(24(31)29-16-8-3-4-9-17-29)33-25-27-26-23(30(25)28-21)19-10-6-5-7-11-19/h5-7,10-15,21-22,28H,2-4,8-9,16-17H2,1H3/t21-,22-/m0/s1. The molecule has 0 spiro atoms. The molecule has 1 fully saturated rings. The predicted molar refractivity (Wildman–Crippen MR) is 130 cm³/mol. The zero-order valence-corrected chi connectivity index (χ0v) is 19.6. The van der Waals surface area contributed by atoms with Gasteiger partial charge in [0.05, 0.1) is 12.6 Å². The molecule has 1 N–H and O–H groups in total.